The maximum absolute atomic E-state index is 8.15. The van der Waals surface area contributed by atoms with E-state index in [2.05, 4.69) is 0 Å². The lowest BCUT2D eigenvalue weighted by Gasteiger charge is -2.11. The van der Waals surface area contributed by atoms with Gasteiger partial charge < -0.3 is 44.4 Å². The summed E-state index contributed by atoms with van der Waals surface area (Å²) < 4.78 is 0. The van der Waals surface area contributed by atoms with Crippen LogP contribution in [0.1, 0.15) is 0 Å². The summed E-state index contributed by atoms with van der Waals surface area (Å²) in [5.74, 6) is -4.44. The van der Waals surface area contributed by atoms with Crippen molar-refractivity contribution < 1.29 is 44.4 Å². The molecular formula is C2H8IO4P. The normalized spacial score (nSPS) is 15.0. The number of rotatable bonds is 1. The maximum atomic E-state index is 8.15. The molecule has 0 aromatic heterocycles. The zero-order valence-electron chi connectivity index (χ0n) is 3.95. The third kappa shape index (κ3) is 5.14. The highest BCUT2D eigenvalue weighted by atomic mass is 127. The minimum atomic E-state index is -2.93. The molecule has 8 heavy (non-hydrogen) atoms. The summed E-state index contributed by atoms with van der Waals surface area (Å²) in [6.07, 6.45) is 0. The molecule has 0 saturated heterocycles. The fourth-order valence-corrected chi connectivity index (χ4v) is 0. The van der Waals surface area contributed by atoms with Crippen molar-refractivity contribution in [1.82, 2.24) is 0 Å². The van der Waals surface area contributed by atoms with Crippen molar-refractivity contribution in [3.63, 3.8) is 0 Å². The minimum Gasteiger partial charge on any atom is -1.00 e. The van der Waals surface area contributed by atoms with Crippen molar-refractivity contribution in [2.75, 3.05) is 0 Å². The Balaban J connectivity index is 0. The number of hydrogen-bond donors (Lipinski definition) is 4. The van der Waals surface area contributed by atoms with Crippen molar-refractivity contribution >= 4 is 9.24 Å². The Morgan fingerprint density at radius 2 is 1.38 bits per heavy atom. The van der Waals surface area contributed by atoms with Gasteiger partial charge in [0.2, 0.25) is 5.85 Å². The van der Waals surface area contributed by atoms with E-state index in [9.17, 15) is 0 Å². The molecule has 2 unspecified atom stereocenters. The largest absolute Gasteiger partial charge is 1.00 e. The van der Waals surface area contributed by atoms with Crippen LogP contribution in [0, 0.1) is 0 Å². The molecule has 0 rings (SSSR count). The number of aliphatic hydroxyl groups excluding tert-OH is 1. The lowest BCUT2D eigenvalue weighted by molar-refractivity contribution is -0.335. The van der Waals surface area contributed by atoms with Gasteiger partial charge in [-0.1, -0.05) is 0 Å². The van der Waals surface area contributed by atoms with Crippen LogP contribution in [0.4, 0.5) is 0 Å². The fraction of sp³-hybridized carbons (Fsp3) is 1.00. The molecule has 6 heteroatoms. The Labute approximate surface area is 65.8 Å². The molecule has 0 fully saturated rings. The van der Waals surface area contributed by atoms with Crippen LogP contribution in [0.15, 0.2) is 0 Å². The summed E-state index contributed by atoms with van der Waals surface area (Å²) in [5, 5.41) is 32.0. The second-order valence-corrected chi connectivity index (χ2v) is 1.98. The lowest BCUT2D eigenvalue weighted by atomic mass is 10.6. The van der Waals surface area contributed by atoms with Crippen molar-refractivity contribution in [2.45, 2.75) is 11.8 Å². The molecule has 2 atom stereocenters. The highest BCUT2D eigenvalue weighted by Crippen LogP contribution is 2.06. The number of hydrogen-bond acceptors (Lipinski definition) is 4. The van der Waals surface area contributed by atoms with E-state index in [0.29, 0.717) is 0 Å². The van der Waals surface area contributed by atoms with Crippen molar-refractivity contribution in [1.29, 1.82) is 0 Å². The van der Waals surface area contributed by atoms with Crippen LogP contribution in [0.3, 0.4) is 0 Å². The first-order chi connectivity index (χ1) is 2.94. The molecule has 0 amide bonds. The van der Waals surface area contributed by atoms with Gasteiger partial charge in [-0.15, -0.1) is 0 Å². The minimum absolute atomic E-state index is 0. The van der Waals surface area contributed by atoms with Crippen LogP contribution in [0.5, 0.6) is 0 Å². The zero-order chi connectivity index (χ0) is 6.08. The molecule has 0 bridgehead atoms. The van der Waals surface area contributed by atoms with Gasteiger partial charge in [0, 0.05) is 9.24 Å². The van der Waals surface area contributed by atoms with E-state index < -0.39 is 11.8 Å². The Hall–Kier alpha value is 1.00. The van der Waals surface area contributed by atoms with Crippen LogP contribution in [-0.2, 0) is 0 Å². The maximum Gasteiger partial charge on any atom is 0.340 e. The molecule has 0 aromatic carbocycles. The smallest absolute Gasteiger partial charge is 0.340 e. The third-order valence-corrected chi connectivity index (χ3v) is 0.995. The zero-order valence-corrected chi connectivity index (χ0v) is 7.52. The molecule has 4 nitrogen and oxygen atoms in total. The predicted octanol–water partition coefficient (Wildman–Crippen LogP) is -5.45. The summed E-state index contributed by atoms with van der Waals surface area (Å²) >= 11 is 0. The average molecular weight is 254 g/mol. The van der Waals surface area contributed by atoms with Gasteiger partial charge in [-0.3, -0.25) is 0 Å². The Morgan fingerprint density at radius 1 is 1.25 bits per heavy atom. The van der Waals surface area contributed by atoms with Crippen molar-refractivity contribution in [3.8, 4) is 0 Å². The van der Waals surface area contributed by atoms with Crippen LogP contribution in [0.25, 0.3) is 0 Å². The second kappa shape index (κ2) is 3.92. The molecule has 52 valence electrons. The van der Waals surface area contributed by atoms with Crippen LogP contribution < -0.4 is 24.0 Å². The summed E-state index contributed by atoms with van der Waals surface area (Å²) in [7, 11) is 0.871. The van der Waals surface area contributed by atoms with E-state index in [0.717, 1.165) is 9.24 Å². The molecular weight excluding hydrogens is 246 g/mol. The molecule has 0 aliphatic carbocycles. The van der Waals surface area contributed by atoms with E-state index in [-0.39, 0.29) is 24.0 Å². The van der Waals surface area contributed by atoms with Gasteiger partial charge in [0.25, 0.3) is 0 Å². The SMILES string of the molecule is OC([PH3+])C(O)(O)O.[I-]. The number of halogens is 1. The molecule has 0 spiro atoms. The van der Waals surface area contributed by atoms with E-state index in [1.165, 1.54) is 0 Å². The van der Waals surface area contributed by atoms with Gasteiger partial charge >= 0.3 is 5.97 Å². The molecule has 0 radical (unpaired) electrons. The molecule has 0 aliphatic heterocycles. The van der Waals surface area contributed by atoms with E-state index >= 15 is 0 Å². The summed E-state index contributed by atoms with van der Waals surface area (Å²) in [6, 6.07) is 0. The molecule has 4 N–H and O–H groups in total. The van der Waals surface area contributed by atoms with Crippen LogP contribution >= 0.6 is 9.24 Å². The molecule has 0 saturated carbocycles. The first-order valence-electron chi connectivity index (χ1n) is 1.63. The summed E-state index contributed by atoms with van der Waals surface area (Å²) in [6.45, 7) is 0. The van der Waals surface area contributed by atoms with Gasteiger partial charge in [0.1, 0.15) is 0 Å². The van der Waals surface area contributed by atoms with E-state index in [1.807, 2.05) is 0 Å². The Morgan fingerprint density at radius 3 is 1.38 bits per heavy atom. The van der Waals surface area contributed by atoms with Crippen LogP contribution in [-0.4, -0.2) is 32.2 Å². The fourth-order valence-electron chi connectivity index (χ4n) is 0. The predicted molar refractivity (Wildman–Crippen MR) is 26.5 cm³/mol. The van der Waals surface area contributed by atoms with Gasteiger partial charge in [-0.25, -0.2) is 0 Å². The third-order valence-electron chi connectivity index (χ3n) is 0.447. The van der Waals surface area contributed by atoms with E-state index in [1.54, 1.807) is 0 Å². The van der Waals surface area contributed by atoms with Gasteiger partial charge in [0.05, 0.1) is 0 Å². The second-order valence-electron chi connectivity index (χ2n) is 1.20. The molecule has 0 heterocycles. The van der Waals surface area contributed by atoms with Gasteiger partial charge in [0.15, 0.2) is 0 Å². The topological polar surface area (TPSA) is 80.9 Å². The quantitative estimate of drug-likeness (QED) is 0.214. The Kier molecular flexibility index (Phi) is 5.76. The first-order valence-corrected chi connectivity index (χ1v) is 2.44. The average Bonchev–Trinajstić information content (AvgIpc) is 1.31. The Bertz CT molecular complexity index is 59.5. The van der Waals surface area contributed by atoms with Gasteiger partial charge in [-0.05, 0) is 0 Å². The summed E-state index contributed by atoms with van der Waals surface area (Å²) in [5.41, 5.74) is 0. The highest BCUT2D eigenvalue weighted by Gasteiger charge is 2.29. The highest BCUT2D eigenvalue weighted by molar-refractivity contribution is 7.17. The monoisotopic (exact) mass is 254 g/mol. The van der Waals surface area contributed by atoms with E-state index in [4.69, 9.17) is 20.4 Å². The summed E-state index contributed by atoms with van der Waals surface area (Å²) in [4.78, 5) is 0. The van der Waals surface area contributed by atoms with Gasteiger partial charge in [-0.2, -0.15) is 0 Å². The lowest BCUT2D eigenvalue weighted by Crippen LogP contribution is -3.00. The standard InChI is InChI=1S/C2H7O4P.HI/c3-1(7)2(4,5)6;/h1,3-6H,7H2;1H. The van der Waals surface area contributed by atoms with Crippen molar-refractivity contribution in [2.24, 2.45) is 0 Å². The van der Waals surface area contributed by atoms with Crippen LogP contribution in [0.2, 0.25) is 0 Å². The molecule has 0 aromatic rings. The number of aliphatic hydroxyl groups is 4. The first kappa shape index (κ1) is 11.8. The van der Waals surface area contributed by atoms with Crippen molar-refractivity contribution in [3.05, 3.63) is 0 Å². The molecule has 0 aliphatic rings.